The maximum absolute atomic E-state index is 12.3. The quantitative estimate of drug-likeness (QED) is 0.517. The molecule has 5 heteroatoms. The maximum atomic E-state index is 12.3. The first kappa shape index (κ1) is 20.8. The van der Waals surface area contributed by atoms with Crippen molar-refractivity contribution >= 4 is 16.8 Å². The summed E-state index contributed by atoms with van der Waals surface area (Å²) in [7, 11) is 1.63. The molecule has 0 saturated carbocycles. The topological polar surface area (TPSA) is 63.3 Å². The van der Waals surface area contributed by atoms with Gasteiger partial charge in [0, 0.05) is 30.1 Å². The number of carbonyl (C=O) groups is 1. The van der Waals surface area contributed by atoms with Gasteiger partial charge in [0.25, 0.3) is 0 Å². The molecule has 2 N–H and O–H groups in total. The number of aromatic nitrogens is 1. The van der Waals surface area contributed by atoms with E-state index in [0.29, 0.717) is 37.7 Å². The van der Waals surface area contributed by atoms with Crippen molar-refractivity contribution in [3.8, 4) is 11.5 Å². The number of hydrogen-bond donors (Lipinski definition) is 2. The lowest BCUT2D eigenvalue weighted by atomic mass is 10.1. The van der Waals surface area contributed by atoms with E-state index in [4.69, 9.17) is 9.47 Å². The lowest BCUT2D eigenvalue weighted by Crippen LogP contribution is -2.23. The van der Waals surface area contributed by atoms with Crippen molar-refractivity contribution in [1.82, 2.24) is 10.3 Å². The molecule has 1 amide bonds. The van der Waals surface area contributed by atoms with Crippen LogP contribution in [0.25, 0.3) is 10.9 Å². The molecule has 0 saturated heterocycles. The van der Waals surface area contributed by atoms with E-state index in [1.54, 1.807) is 7.11 Å². The Bertz CT molecular complexity index is 946. The molecule has 5 nitrogen and oxygen atoms in total. The SMILES string of the molecule is COc1cc(CNC(=O)CCc2c[nH]c3ccccc23)ccc1OCCC(C)C. The summed E-state index contributed by atoms with van der Waals surface area (Å²) in [5.41, 5.74) is 3.25. The molecular weight excluding hydrogens is 364 g/mol. The molecule has 0 spiro atoms. The number of carbonyl (C=O) groups excluding carboxylic acids is 1. The molecule has 0 aliphatic heterocycles. The Morgan fingerprint density at radius 3 is 2.76 bits per heavy atom. The highest BCUT2D eigenvalue weighted by Gasteiger charge is 2.09. The minimum absolute atomic E-state index is 0.0338. The van der Waals surface area contributed by atoms with Gasteiger partial charge in [0.15, 0.2) is 11.5 Å². The second-order valence-corrected chi connectivity index (χ2v) is 7.65. The Balaban J connectivity index is 1.50. The van der Waals surface area contributed by atoms with Crippen LogP contribution in [-0.2, 0) is 17.8 Å². The van der Waals surface area contributed by atoms with Crippen LogP contribution in [0, 0.1) is 5.92 Å². The highest BCUT2D eigenvalue weighted by Crippen LogP contribution is 2.28. The number of hydrogen-bond acceptors (Lipinski definition) is 3. The van der Waals surface area contributed by atoms with Gasteiger partial charge in [-0.1, -0.05) is 38.1 Å². The molecule has 0 aliphatic carbocycles. The second kappa shape index (κ2) is 10.0. The molecular formula is C24H30N2O3. The van der Waals surface area contributed by atoms with E-state index in [2.05, 4.69) is 30.2 Å². The van der Waals surface area contributed by atoms with E-state index >= 15 is 0 Å². The number of H-pyrrole nitrogens is 1. The Labute approximate surface area is 172 Å². The van der Waals surface area contributed by atoms with Gasteiger partial charge < -0.3 is 19.8 Å². The second-order valence-electron chi connectivity index (χ2n) is 7.65. The van der Waals surface area contributed by atoms with Crippen LogP contribution in [0.1, 0.15) is 37.8 Å². The number of aryl methyl sites for hydroxylation is 1. The summed E-state index contributed by atoms with van der Waals surface area (Å²) in [6.07, 6.45) is 4.15. The van der Waals surface area contributed by atoms with Gasteiger partial charge in [-0.15, -0.1) is 0 Å². The number of amides is 1. The van der Waals surface area contributed by atoms with E-state index in [9.17, 15) is 4.79 Å². The van der Waals surface area contributed by atoms with Gasteiger partial charge in [-0.2, -0.15) is 0 Å². The zero-order valence-electron chi connectivity index (χ0n) is 17.5. The Hall–Kier alpha value is -2.95. The Morgan fingerprint density at radius 2 is 1.97 bits per heavy atom. The monoisotopic (exact) mass is 394 g/mol. The zero-order chi connectivity index (χ0) is 20.6. The third-order valence-corrected chi connectivity index (χ3v) is 4.97. The number of aromatic amines is 1. The molecule has 154 valence electrons. The summed E-state index contributed by atoms with van der Waals surface area (Å²) in [6, 6.07) is 13.9. The Morgan fingerprint density at radius 1 is 1.14 bits per heavy atom. The third-order valence-electron chi connectivity index (χ3n) is 4.97. The first-order valence-electron chi connectivity index (χ1n) is 10.2. The number of fused-ring (bicyclic) bond motifs is 1. The van der Waals surface area contributed by atoms with Crippen molar-refractivity contribution in [2.24, 2.45) is 5.92 Å². The number of benzene rings is 2. The number of nitrogens with one attached hydrogen (secondary N) is 2. The normalized spacial score (nSPS) is 11.0. The molecule has 2 aromatic carbocycles. The Kier molecular flexibility index (Phi) is 7.17. The van der Waals surface area contributed by atoms with E-state index in [-0.39, 0.29) is 5.91 Å². The van der Waals surface area contributed by atoms with Crippen LogP contribution in [0.15, 0.2) is 48.7 Å². The number of rotatable bonds is 10. The highest BCUT2D eigenvalue weighted by molar-refractivity contribution is 5.84. The van der Waals surface area contributed by atoms with Gasteiger partial charge in [-0.05, 0) is 48.1 Å². The minimum Gasteiger partial charge on any atom is -0.493 e. The van der Waals surface area contributed by atoms with Gasteiger partial charge in [0.05, 0.1) is 13.7 Å². The molecule has 0 fully saturated rings. The van der Waals surface area contributed by atoms with Gasteiger partial charge in [0.1, 0.15) is 0 Å². The standard InChI is InChI=1S/C24H30N2O3/c1-17(2)12-13-29-22-10-8-18(14-23(22)28-3)15-26-24(27)11-9-19-16-25-21-7-5-4-6-20(19)21/h4-8,10,14,16-17,25H,9,11-13,15H2,1-3H3,(H,26,27). The van der Waals surface area contributed by atoms with E-state index < -0.39 is 0 Å². The molecule has 1 heterocycles. The predicted molar refractivity (Wildman–Crippen MR) is 116 cm³/mol. The molecule has 1 aromatic heterocycles. The van der Waals surface area contributed by atoms with Gasteiger partial charge in [0.2, 0.25) is 5.91 Å². The molecule has 0 aliphatic rings. The average Bonchev–Trinajstić information content (AvgIpc) is 3.14. The summed E-state index contributed by atoms with van der Waals surface area (Å²) in [4.78, 5) is 15.5. The number of para-hydroxylation sites is 1. The van der Waals surface area contributed by atoms with E-state index in [0.717, 1.165) is 23.3 Å². The smallest absolute Gasteiger partial charge is 0.220 e. The molecule has 0 bridgehead atoms. The largest absolute Gasteiger partial charge is 0.493 e. The average molecular weight is 395 g/mol. The minimum atomic E-state index is 0.0338. The molecule has 0 unspecified atom stereocenters. The van der Waals surface area contributed by atoms with E-state index in [1.165, 1.54) is 10.9 Å². The van der Waals surface area contributed by atoms with Crippen LogP contribution < -0.4 is 14.8 Å². The molecule has 29 heavy (non-hydrogen) atoms. The fourth-order valence-electron chi connectivity index (χ4n) is 3.22. The third kappa shape index (κ3) is 5.76. The van der Waals surface area contributed by atoms with Crippen molar-refractivity contribution in [1.29, 1.82) is 0 Å². The van der Waals surface area contributed by atoms with Crippen LogP contribution in [0.4, 0.5) is 0 Å². The van der Waals surface area contributed by atoms with Crippen LogP contribution in [0.5, 0.6) is 11.5 Å². The van der Waals surface area contributed by atoms with E-state index in [1.807, 2.05) is 42.6 Å². The fraction of sp³-hybridized carbons (Fsp3) is 0.375. The maximum Gasteiger partial charge on any atom is 0.220 e. The van der Waals surface area contributed by atoms with Gasteiger partial charge in [-0.25, -0.2) is 0 Å². The molecule has 0 radical (unpaired) electrons. The van der Waals surface area contributed by atoms with Crippen molar-refractivity contribution in [2.45, 2.75) is 39.7 Å². The van der Waals surface area contributed by atoms with Gasteiger partial charge >= 0.3 is 0 Å². The first-order valence-corrected chi connectivity index (χ1v) is 10.2. The van der Waals surface area contributed by atoms with Crippen LogP contribution in [-0.4, -0.2) is 24.6 Å². The number of ether oxygens (including phenoxy) is 2. The molecule has 3 aromatic rings. The summed E-state index contributed by atoms with van der Waals surface area (Å²) >= 11 is 0. The zero-order valence-corrected chi connectivity index (χ0v) is 17.5. The van der Waals surface area contributed by atoms with Crippen molar-refractivity contribution in [3.05, 3.63) is 59.8 Å². The van der Waals surface area contributed by atoms with Crippen LogP contribution in [0.2, 0.25) is 0 Å². The highest BCUT2D eigenvalue weighted by atomic mass is 16.5. The summed E-state index contributed by atoms with van der Waals surface area (Å²) < 4.78 is 11.3. The lowest BCUT2D eigenvalue weighted by molar-refractivity contribution is -0.121. The first-order chi connectivity index (χ1) is 14.1. The van der Waals surface area contributed by atoms with Crippen LogP contribution in [0.3, 0.4) is 0 Å². The van der Waals surface area contributed by atoms with Gasteiger partial charge in [-0.3, -0.25) is 4.79 Å². The summed E-state index contributed by atoms with van der Waals surface area (Å²) in [5, 5.41) is 4.17. The van der Waals surface area contributed by atoms with Crippen molar-refractivity contribution in [2.75, 3.05) is 13.7 Å². The van der Waals surface area contributed by atoms with Crippen molar-refractivity contribution < 1.29 is 14.3 Å². The number of methoxy groups -OCH3 is 1. The summed E-state index contributed by atoms with van der Waals surface area (Å²) in [6.45, 7) is 5.48. The fourth-order valence-corrected chi connectivity index (χ4v) is 3.22. The molecule has 3 rings (SSSR count). The molecule has 0 atom stereocenters. The van der Waals surface area contributed by atoms with Crippen molar-refractivity contribution in [3.63, 3.8) is 0 Å². The predicted octanol–water partition coefficient (Wildman–Crippen LogP) is 4.85. The summed E-state index contributed by atoms with van der Waals surface area (Å²) in [5.74, 6) is 2.06. The lowest BCUT2D eigenvalue weighted by Gasteiger charge is -2.13. The van der Waals surface area contributed by atoms with Crippen LogP contribution >= 0.6 is 0 Å².